The third-order valence-corrected chi connectivity index (χ3v) is 8.55. The number of unbranched alkanes of at least 4 members (excludes halogenated alkanes) is 2. The molecule has 2 aromatic rings. The molecule has 4 rings (SSSR count). The van der Waals surface area contributed by atoms with E-state index in [1.54, 1.807) is 30.3 Å². The fraction of sp³-hybridized carbons (Fsp3) is 0.516. The van der Waals surface area contributed by atoms with E-state index in [-0.39, 0.29) is 24.4 Å². The van der Waals surface area contributed by atoms with Gasteiger partial charge in [-0.3, -0.25) is 14.6 Å². The summed E-state index contributed by atoms with van der Waals surface area (Å²) in [5, 5.41) is 10.4. The van der Waals surface area contributed by atoms with Crippen molar-refractivity contribution in [1.29, 1.82) is 0 Å². The summed E-state index contributed by atoms with van der Waals surface area (Å²) >= 11 is 12.7. The van der Waals surface area contributed by atoms with Crippen molar-refractivity contribution in [2.75, 3.05) is 6.54 Å². The van der Waals surface area contributed by atoms with Crippen molar-refractivity contribution in [2.45, 2.75) is 83.6 Å². The summed E-state index contributed by atoms with van der Waals surface area (Å²) in [6.45, 7) is 6.75. The fourth-order valence-electron chi connectivity index (χ4n) is 6.58. The lowest BCUT2D eigenvalue weighted by atomic mass is 9.75. The molecule has 1 saturated carbocycles. The van der Waals surface area contributed by atoms with Crippen LogP contribution in [0.2, 0.25) is 10.0 Å². The van der Waals surface area contributed by atoms with Gasteiger partial charge in [-0.05, 0) is 73.4 Å². The predicted molar refractivity (Wildman–Crippen MR) is 167 cm³/mol. The van der Waals surface area contributed by atoms with Crippen LogP contribution in [0.15, 0.2) is 57.8 Å². The molecule has 4 atom stereocenters. The topological polar surface area (TPSA) is 139 Å². The Balaban J connectivity index is 1.71. The maximum absolute atomic E-state index is 14.4. The lowest BCUT2D eigenvalue weighted by molar-refractivity contribution is -0.134. The molecule has 2 aliphatic rings. The highest BCUT2D eigenvalue weighted by molar-refractivity contribution is 6.47. The van der Waals surface area contributed by atoms with Gasteiger partial charge in [0.15, 0.2) is 0 Å². The summed E-state index contributed by atoms with van der Waals surface area (Å²) in [6.07, 6.45) is 5.80. The van der Waals surface area contributed by atoms with E-state index in [2.05, 4.69) is 36.4 Å². The number of nitrogens with zero attached hydrogens (tertiary/aromatic N) is 4. The predicted octanol–water partition coefficient (Wildman–Crippen LogP) is 6.44. The van der Waals surface area contributed by atoms with Gasteiger partial charge in [0, 0.05) is 21.2 Å². The Labute approximate surface area is 258 Å². The van der Waals surface area contributed by atoms with Crippen molar-refractivity contribution >= 4 is 40.7 Å². The zero-order valence-corrected chi connectivity index (χ0v) is 26.0. The Kier molecular flexibility index (Phi) is 10.6. The highest BCUT2D eigenvalue weighted by atomic mass is 35.5. The fourth-order valence-corrected chi connectivity index (χ4v) is 7.11. The summed E-state index contributed by atoms with van der Waals surface area (Å²) < 4.78 is 0. The zero-order valence-electron chi connectivity index (χ0n) is 24.5. The van der Waals surface area contributed by atoms with E-state index in [9.17, 15) is 9.59 Å². The van der Waals surface area contributed by atoms with Crippen molar-refractivity contribution in [3.05, 3.63) is 69.2 Å². The van der Waals surface area contributed by atoms with E-state index >= 15 is 0 Å². The van der Waals surface area contributed by atoms with Gasteiger partial charge in [0.25, 0.3) is 11.8 Å². The molecule has 0 aromatic heterocycles. The van der Waals surface area contributed by atoms with Crippen LogP contribution >= 0.6 is 23.2 Å². The van der Waals surface area contributed by atoms with Crippen molar-refractivity contribution in [3.63, 3.8) is 0 Å². The number of nitrogens with two attached hydrogens (primary N) is 2. The van der Waals surface area contributed by atoms with Gasteiger partial charge in [-0.2, -0.15) is 5.11 Å². The molecule has 1 spiro atoms. The first-order chi connectivity index (χ1) is 20.1. The molecule has 0 bridgehead atoms. The number of carbonyl (C=O) groups excluding carboxylic acids is 2. The standard InChI is InChI=1S/C31H41Cl2N7O2/c1-4-5-6-7-26(21-8-10-22(11-9-21)29(41)36-18-27(34)38-39-35)40-30(42)28(23-13-24(32)15-25(33)14-23)37-31(40)16-19(2)12-20(3)17-31/h8-11,13-15,19-20,26-27H,4-7,12,16-18,34H2,1-3H3,(H2,35,38)(H,36,41)/t19?,20?,26-,27?,31?/m1/s1. The minimum atomic E-state index is -0.720. The van der Waals surface area contributed by atoms with Crippen LogP contribution in [0.1, 0.15) is 93.2 Å². The number of benzene rings is 2. The average molecular weight is 615 g/mol. The molecule has 1 aliphatic heterocycles. The molecule has 3 unspecified atom stereocenters. The van der Waals surface area contributed by atoms with Gasteiger partial charge in [0.1, 0.15) is 17.5 Å². The quantitative estimate of drug-likeness (QED) is 0.116. The highest BCUT2D eigenvalue weighted by Gasteiger charge is 2.53. The molecule has 2 amide bonds. The van der Waals surface area contributed by atoms with Crippen LogP contribution in [-0.2, 0) is 4.79 Å². The maximum atomic E-state index is 14.4. The van der Waals surface area contributed by atoms with Crippen LogP contribution in [0, 0.1) is 11.8 Å². The van der Waals surface area contributed by atoms with Crippen LogP contribution in [-0.4, -0.2) is 40.8 Å². The third-order valence-electron chi connectivity index (χ3n) is 8.12. The van der Waals surface area contributed by atoms with Gasteiger partial charge in [-0.15, -0.1) is 0 Å². The number of carbonyl (C=O) groups is 2. The normalized spacial score (nSPS) is 23.8. The van der Waals surface area contributed by atoms with E-state index in [1.807, 2.05) is 17.0 Å². The second-order valence-electron chi connectivity index (χ2n) is 11.8. The molecule has 1 aliphatic carbocycles. The number of hydrogen-bond acceptors (Lipinski definition) is 6. The van der Waals surface area contributed by atoms with Crippen LogP contribution in [0.25, 0.3) is 0 Å². The lowest BCUT2D eigenvalue weighted by Crippen LogP contribution is -2.52. The Hall–Kier alpha value is -3.01. The first-order valence-corrected chi connectivity index (χ1v) is 15.5. The van der Waals surface area contributed by atoms with Gasteiger partial charge in [-0.25, -0.2) is 0 Å². The Morgan fingerprint density at radius 3 is 2.36 bits per heavy atom. The SMILES string of the molecule is CCCCC[C@H](c1ccc(C(=O)NCC(N)/N=N\N)cc1)N1C(=O)C(c2cc(Cl)cc(Cl)c2)=NC12CC(C)CC(C)C2. The second kappa shape index (κ2) is 14.0. The zero-order chi connectivity index (χ0) is 30.4. The first kappa shape index (κ1) is 31.9. The summed E-state index contributed by atoms with van der Waals surface area (Å²) in [4.78, 5) is 34.5. The van der Waals surface area contributed by atoms with Gasteiger partial charge in [-0.1, -0.05) is 80.6 Å². The van der Waals surface area contributed by atoms with Crippen LogP contribution in [0.3, 0.4) is 0 Å². The minimum absolute atomic E-state index is 0.107. The molecule has 1 fully saturated rings. The molecule has 5 N–H and O–H groups in total. The van der Waals surface area contributed by atoms with Gasteiger partial charge < -0.3 is 21.8 Å². The largest absolute Gasteiger partial charge is 0.348 e. The molecule has 11 heteroatoms. The van der Waals surface area contributed by atoms with E-state index < -0.39 is 11.8 Å². The second-order valence-corrected chi connectivity index (χ2v) is 12.6. The summed E-state index contributed by atoms with van der Waals surface area (Å²) in [5.74, 6) is 5.46. The third kappa shape index (κ3) is 7.30. The number of amides is 2. The van der Waals surface area contributed by atoms with Crippen LogP contribution < -0.4 is 16.9 Å². The van der Waals surface area contributed by atoms with Crippen LogP contribution in [0.5, 0.6) is 0 Å². The summed E-state index contributed by atoms with van der Waals surface area (Å²) in [7, 11) is 0. The Morgan fingerprint density at radius 1 is 1.12 bits per heavy atom. The highest BCUT2D eigenvalue weighted by Crippen LogP contribution is 2.49. The van der Waals surface area contributed by atoms with Gasteiger partial charge in [0.2, 0.25) is 0 Å². The number of hydrogen-bond donors (Lipinski definition) is 3. The molecule has 0 radical (unpaired) electrons. The number of rotatable bonds is 11. The maximum Gasteiger partial charge on any atom is 0.275 e. The molecular weight excluding hydrogens is 573 g/mol. The van der Waals surface area contributed by atoms with E-state index in [1.165, 1.54) is 0 Å². The van der Waals surface area contributed by atoms with Crippen molar-refractivity contribution in [1.82, 2.24) is 10.2 Å². The van der Waals surface area contributed by atoms with E-state index in [4.69, 9.17) is 39.8 Å². The van der Waals surface area contributed by atoms with E-state index in [0.29, 0.717) is 38.7 Å². The Bertz CT molecular complexity index is 1300. The average Bonchev–Trinajstić information content (AvgIpc) is 3.19. The first-order valence-electron chi connectivity index (χ1n) is 14.7. The molecule has 226 valence electrons. The Morgan fingerprint density at radius 2 is 1.76 bits per heavy atom. The van der Waals surface area contributed by atoms with Crippen LogP contribution in [0.4, 0.5) is 0 Å². The number of aliphatic imine (C=N–C) groups is 1. The summed E-state index contributed by atoms with van der Waals surface area (Å²) in [5.41, 5.74) is 7.58. The minimum Gasteiger partial charge on any atom is -0.348 e. The lowest BCUT2D eigenvalue weighted by Gasteiger charge is -2.47. The summed E-state index contributed by atoms with van der Waals surface area (Å²) in [6, 6.07) is 12.4. The number of halogens is 2. The van der Waals surface area contributed by atoms with Gasteiger partial charge in [0.05, 0.1) is 12.6 Å². The van der Waals surface area contributed by atoms with Crippen molar-refractivity contribution < 1.29 is 9.59 Å². The van der Waals surface area contributed by atoms with Crippen molar-refractivity contribution in [2.24, 2.45) is 38.7 Å². The smallest absolute Gasteiger partial charge is 0.275 e. The molecule has 42 heavy (non-hydrogen) atoms. The van der Waals surface area contributed by atoms with E-state index in [0.717, 1.165) is 50.5 Å². The molecule has 2 aromatic carbocycles. The van der Waals surface area contributed by atoms with Crippen molar-refractivity contribution in [3.8, 4) is 0 Å². The molecule has 1 heterocycles. The molecule has 9 nitrogen and oxygen atoms in total. The molecule has 0 saturated heterocycles. The van der Waals surface area contributed by atoms with Gasteiger partial charge >= 0.3 is 0 Å². The molecular formula is C31H41Cl2N7O2. The monoisotopic (exact) mass is 613 g/mol. The number of nitrogens with one attached hydrogen (secondary N) is 1.